The van der Waals surface area contributed by atoms with E-state index >= 15 is 0 Å². The van der Waals surface area contributed by atoms with Crippen molar-refractivity contribution in [1.82, 2.24) is 25.1 Å². The molecule has 0 bridgehead atoms. The van der Waals surface area contributed by atoms with E-state index in [4.69, 9.17) is 11.6 Å². The normalized spacial score (nSPS) is 10.5. The molecular weight excluding hydrogens is 346 g/mol. The van der Waals surface area contributed by atoms with Gasteiger partial charge < -0.3 is 4.90 Å². The van der Waals surface area contributed by atoms with Gasteiger partial charge in [-0.25, -0.2) is 4.68 Å². The monoisotopic (exact) mass is 359 g/mol. The average molecular weight is 360 g/mol. The fourth-order valence-corrected chi connectivity index (χ4v) is 3.35. The van der Waals surface area contributed by atoms with Crippen LogP contribution in [-0.2, 0) is 6.54 Å². The van der Waals surface area contributed by atoms with Crippen LogP contribution in [0, 0.1) is 0 Å². The van der Waals surface area contributed by atoms with Gasteiger partial charge in [0, 0.05) is 17.0 Å². The maximum atomic E-state index is 12.9. The van der Waals surface area contributed by atoms with Crippen LogP contribution in [-0.4, -0.2) is 37.6 Å². The van der Waals surface area contributed by atoms with Gasteiger partial charge in [-0.15, -0.1) is 23.0 Å². The molecule has 3 aromatic rings. The second kappa shape index (κ2) is 7.37. The van der Waals surface area contributed by atoms with E-state index in [9.17, 15) is 4.79 Å². The van der Waals surface area contributed by atoms with Crippen molar-refractivity contribution in [1.29, 1.82) is 0 Å². The van der Waals surface area contributed by atoms with Gasteiger partial charge in [-0.1, -0.05) is 23.7 Å². The Labute approximate surface area is 148 Å². The van der Waals surface area contributed by atoms with Crippen LogP contribution >= 0.6 is 22.9 Å². The Balaban J connectivity index is 1.84. The molecule has 0 aliphatic rings. The average Bonchev–Trinajstić information content (AvgIpc) is 3.26. The molecule has 2 aromatic heterocycles. The van der Waals surface area contributed by atoms with Crippen LogP contribution in [0.4, 0.5) is 0 Å². The molecule has 0 saturated heterocycles. The van der Waals surface area contributed by atoms with Crippen molar-refractivity contribution in [3.8, 4) is 5.69 Å². The van der Waals surface area contributed by atoms with Crippen LogP contribution in [0.3, 0.4) is 0 Å². The van der Waals surface area contributed by atoms with Gasteiger partial charge in [0.2, 0.25) is 0 Å². The molecule has 0 fully saturated rings. The highest BCUT2D eigenvalue weighted by Crippen LogP contribution is 2.23. The van der Waals surface area contributed by atoms with E-state index in [-0.39, 0.29) is 5.91 Å². The number of benzene rings is 1. The number of aromatic nitrogens is 4. The third-order valence-corrected chi connectivity index (χ3v) is 4.53. The van der Waals surface area contributed by atoms with Crippen molar-refractivity contribution < 1.29 is 4.79 Å². The molecule has 0 saturated carbocycles. The summed E-state index contributed by atoms with van der Waals surface area (Å²) < 4.78 is 2.21. The zero-order chi connectivity index (χ0) is 16.9. The molecule has 0 N–H and O–H groups in total. The number of rotatable bonds is 6. The van der Waals surface area contributed by atoms with Crippen LogP contribution in [0.2, 0.25) is 4.34 Å². The lowest BCUT2D eigenvalue weighted by atomic mass is 10.1. The van der Waals surface area contributed by atoms with E-state index in [1.807, 2.05) is 18.2 Å². The van der Waals surface area contributed by atoms with Crippen LogP contribution < -0.4 is 0 Å². The highest BCUT2D eigenvalue weighted by molar-refractivity contribution is 7.16. The molecular formula is C16H14ClN5OS. The minimum Gasteiger partial charge on any atom is -0.330 e. The number of nitrogens with zero attached hydrogens (tertiary/aromatic N) is 5. The summed E-state index contributed by atoms with van der Waals surface area (Å²) >= 11 is 7.43. The van der Waals surface area contributed by atoms with Crippen molar-refractivity contribution >= 4 is 28.8 Å². The number of carbonyl (C=O) groups excluding carboxylic acids is 1. The number of hydrogen-bond acceptors (Lipinski definition) is 5. The maximum Gasteiger partial charge on any atom is 0.254 e. The standard InChI is InChI=1S/C16H14ClN5OS/c1-2-8-21(10-14-6-7-15(17)24-14)16(23)12-4-3-5-13(9-12)22-11-18-19-20-22/h2-7,9,11H,1,8,10H2. The first kappa shape index (κ1) is 16.4. The van der Waals surface area contributed by atoms with Crippen molar-refractivity contribution in [2.75, 3.05) is 6.54 Å². The highest BCUT2D eigenvalue weighted by atomic mass is 35.5. The summed E-state index contributed by atoms with van der Waals surface area (Å²) in [4.78, 5) is 15.6. The topological polar surface area (TPSA) is 63.9 Å². The quantitative estimate of drug-likeness (QED) is 0.634. The molecule has 8 heteroatoms. The lowest BCUT2D eigenvalue weighted by molar-refractivity contribution is 0.0764. The first-order valence-corrected chi connectivity index (χ1v) is 8.34. The number of halogens is 1. The first-order chi connectivity index (χ1) is 11.7. The van der Waals surface area contributed by atoms with Crippen molar-refractivity contribution in [3.63, 3.8) is 0 Å². The van der Waals surface area contributed by atoms with Gasteiger partial charge in [0.15, 0.2) is 0 Å². The molecule has 0 radical (unpaired) electrons. The lowest BCUT2D eigenvalue weighted by Gasteiger charge is -2.20. The molecule has 0 unspecified atom stereocenters. The zero-order valence-electron chi connectivity index (χ0n) is 12.7. The van der Waals surface area contributed by atoms with E-state index in [1.165, 1.54) is 22.3 Å². The third kappa shape index (κ3) is 3.69. The Morgan fingerprint density at radius 3 is 2.92 bits per heavy atom. The van der Waals surface area contributed by atoms with Crippen LogP contribution in [0.1, 0.15) is 15.2 Å². The molecule has 24 heavy (non-hydrogen) atoms. The summed E-state index contributed by atoms with van der Waals surface area (Å²) in [5.41, 5.74) is 1.29. The summed E-state index contributed by atoms with van der Waals surface area (Å²) in [6.07, 6.45) is 3.19. The zero-order valence-corrected chi connectivity index (χ0v) is 14.2. The van der Waals surface area contributed by atoms with Crippen LogP contribution in [0.5, 0.6) is 0 Å². The summed E-state index contributed by atoms with van der Waals surface area (Å²) in [5.74, 6) is -0.0886. The molecule has 0 aliphatic heterocycles. The molecule has 0 aliphatic carbocycles. The molecule has 1 amide bonds. The summed E-state index contributed by atoms with van der Waals surface area (Å²) in [5, 5.41) is 11.1. The van der Waals surface area contributed by atoms with Gasteiger partial charge in [0.25, 0.3) is 5.91 Å². The van der Waals surface area contributed by atoms with Gasteiger partial charge in [0.1, 0.15) is 6.33 Å². The largest absolute Gasteiger partial charge is 0.330 e. The van der Waals surface area contributed by atoms with E-state index in [2.05, 4.69) is 22.1 Å². The highest BCUT2D eigenvalue weighted by Gasteiger charge is 2.16. The number of hydrogen-bond donors (Lipinski definition) is 0. The molecule has 1 aromatic carbocycles. The predicted molar refractivity (Wildman–Crippen MR) is 93.4 cm³/mol. The van der Waals surface area contributed by atoms with Gasteiger partial charge in [-0.05, 0) is 40.8 Å². The van der Waals surface area contributed by atoms with E-state index < -0.39 is 0 Å². The lowest BCUT2D eigenvalue weighted by Crippen LogP contribution is -2.30. The van der Waals surface area contributed by atoms with Crippen LogP contribution in [0.25, 0.3) is 5.69 Å². The first-order valence-electron chi connectivity index (χ1n) is 7.15. The maximum absolute atomic E-state index is 12.9. The smallest absolute Gasteiger partial charge is 0.254 e. The molecule has 0 spiro atoms. The van der Waals surface area contributed by atoms with Gasteiger partial charge >= 0.3 is 0 Å². The minimum absolute atomic E-state index is 0.0886. The molecule has 122 valence electrons. The Morgan fingerprint density at radius 1 is 1.38 bits per heavy atom. The number of tetrazole rings is 1. The Hall–Kier alpha value is -2.51. The fraction of sp³-hybridized carbons (Fsp3) is 0.125. The number of carbonyl (C=O) groups is 1. The molecule has 3 rings (SSSR count). The van der Waals surface area contributed by atoms with Gasteiger partial charge in [0.05, 0.1) is 16.6 Å². The second-order valence-corrected chi connectivity index (χ2v) is 6.78. The van der Waals surface area contributed by atoms with Crippen LogP contribution in [0.15, 0.2) is 55.4 Å². The van der Waals surface area contributed by atoms with Crippen molar-refractivity contribution in [2.45, 2.75) is 6.54 Å². The van der Waals surface area contributed by atoms with E-state index in [1.54, 1.807) is 29.2 Å². The number of thiophene rings is 1. The second-order valence-electron chi connectivity index (χ2n) is 4.98. The third-order valence-electron chi connectivity index (χ3n) is 3.32. The van der Waals surface area contributed by atoms with Crippen molar-refractivity contribution in [3.05, 3.63) is 70.2 Å². The molecule has 0 atom stereocenters. The van der Waals surface area contributed by atoms with Gasteiger partial charge in [-0.2, -0.15) is 0 Å². The van der Waals surface area contributed by atoms with Crippen molar-refractivity contribution in [2.24, 2.45) is 0 Å². The number of amides is 1. The van der Waals surface area contributed by atoms with E-state index in [0.717, 1.165) is 10.6 Å². The fourth-order valence-electron chi connectivity index (χ4n) is 2.24. The Morgan fingerprint density at radius 2 is 2.25 bits per heavy atom. The van der Waals surface area contributed by atoms with E-state index in [0.29, 0.717) is 23.0 Å². The predicted octanol–water partition coefficient (Wildman–Crippen LogP) is 3.21. The SMILES string of the molecule is C=CCN(Cc1ccc(Cl)s1)C(=O)c1cccc(-n2cnnn2)c1. The summed E-state index contributed by atoms with van der Waals surface area (Å²) in [6.45, 7) is 4.67. The Kier molecular flexibility index (Phi) is 5.02. The minimum atomic E-state index is -0.0886. The summed E-state index contributed by atoms with van der Waals surface area (Å²) in [6, 6.07) is 10.9. The summed E-state index contributed by atoms with van der Waals surface area (Å²) in [7, 11) is 0. The van der Waals surface area contributed by atoms with Gasteiger partial charge in [-0.3, -0.25) is 4.79 Å². The molecule has 2 heterocycles. The Bertz CT molecular complexity index is 846. The molecule has 6 nitrogen and oxygen atoms in total.